The van der Waals surface area contributed by atoms with E-state index in [1.807, 2.05) is 36.4 Å². The SMILES string of the molecule is CN=c1cccccc1. The van der Waals surface area contributed by atoms with Crippen molar-refractivity contribution in [3.8, 4) is 0 Å². The molecule has 1 nitrogen and oxygen atoms in total. The minimum absolute atomic E-state index is 1.01. The molecule has 9 heavy (non-hydrogen) atoms. The first-order valence-electron chi connectivity index (χ1n) is 2.91. The van der Waals surface area contributed by atoms with Crippen molar-refractivity contribution in [3.63, 3.8) is 0 Å². The summed E-state index contributed by atoms with van der Waals surface area (Å²) in [4.78, 5) is 4.01. The molecule has 0 unspecified atom stereocenters. The van der Waals surface area contributed by atoms with Crippen LogP contribution in [0.15, 0.2) is 41.4 Å². The van der Waals surface area contributed by atoms with Crippen molar-refractivity contribution < 1.29 is 0 Å². The molecule has 0 N–H and O–H groups in total. The molecule has 1 rings (SSSR count). The molecule has 1 aromatic carbocycles. The van der Waals surface area contributed by atoms with E-state index in [1.165, 1.54) is 0 Å². The number of rotatable bonds is 0. The molecule has 0 amide bonds. The maximum atomic E-state index is 4.01. The van der Waals surface area contributed by atoms with E-state index in [-0.39, 0.29) is 0 Å². The summed E-state index contributed by atoms with van der Waals surface area (Å²) in [6.45, 7) is 0. The lowest BCUT2D eigenvalue weighted by atomic mass is 10.5. The minimum Gasteiger partial charge on any atom is -0.289 e. The van der Waals surface area contributed by atoms with Crippen LogP contribution in [-0.2, 0) is 0 Å². The first kappa shape index (κ1) is 6.02. The Morgan fingerprint density at radius 3 is 2.00 bits per heavy atom. The van der Waals surface area contributed by atoms with Crippen LogP contribution in [0, 0.1) is 0 Å². The Morgan fingerprint density at radius 2 is 1.56 bits per heavy atom. The van der Waals surface area contributed by atoms with E-state index in [0.717, 1.165) is 5.36 Å². The zero-order valence-electron chi connectivity index (χ0n) is 5.41. The van der Waals surface area contributed by atoms with Gasteiger partial charge in [0, 0.05) is 7.05 Å². The summed E-state index contributed by atoms with van der Waals surface area (Å²) in [6, 6.07) is 11.9. The van der Waals surface area contributed by atoms with Crippen molar-refractivity contribution in [3.05, 3.63) is 41.8 Å². The van der Waals surface area contributed by atoms with Crippen molar-refractivity contribution in [1.82, 2.24) is 0 Å². The van der Waals surface area contributed by atoms with Crippen LogP contribution in [0.3, 0.4) is 0 Å². The van der Waals surface area contributed by atoms with Gasteiger partial charge in [-0.15, -0.1) is 0 Å². The lowest BCUT2D eigenvalue weighted by molar-refractivity contribution is 1.28. The summed E-state index contributed by atoms with van der Waals surface area (Å²) in [5, 5.41) is 1.01. The van der Waals surface area contributed by atoms with Gasteiger partial charge in [-0.05, 0) is 12.1 Å². The van der Waals surface area contributed by atoms with E-state index in [1.54, 1.807) is 7.05 Å². The molecule has 0 heterocycles. The second-order valence-corrected chi connectivity index (χ2v) is 1.75. The fraction of sp³-hybridized carbons (Fsp3) is 0.125. The van der Waals surface area contributed by atoms with Gasteiger partial charge in [-0.2, -0.15) is 0 Å². The van der Waals surface area contributed by atoms with Gasteiger partial charge in [0.1, 0.15) is 0 Å². The van der Waals surface area contributed by atoms with E-state index in [9.17, 15) is 0 Å². The molecule has 0 spiro atoms. The molecule has 0 radical (unpaired) electrons. The van der Waals surface area contributed by atoms with Gasteiger partial charge < -0.3 is 0 Å². The normalized spacial score (nSPS) is 8.56. The Kier molecular flexibility index (Phi) is 2.02. The highest BCUT2D eigenvalue weighted by molar-refractivity contribution is 4.99. The average Bonchev–Trinajstić information content (AvgIpc) is 2.13. The van der Waals surface area contributed by atoms with Crippen molar-refractivity contribution in [2.24, 2.45) is 4.99 Å². The molecule has 1 heteroatoms. The highest BCUT2D eigenvalue weighted by Crippen LogP contribution is 1.74. The number of hydrogen-bond acceptors (Lipinski definition) is 1. The van der Waals surface area contributed by atoms with Crippen molar-refractivity contribution in [1.29, 1.82) is 0 Å². The number of nitrogens with zero attached hydrogens (tertiary/aromatic N) is 1. The van der Waals surface area contributed by atoms with Gasteiger partial charge in [-0.1, -0.05) is 24.3 Å². The maximum Gasteiger partial charge on any atom is 0.0570 e. The molecular formula is C8H9N. The predicted molar refractivity (Wildman–Crippen MR) is 37.9 cm³/mol. The van der Waals surface area contributed by atoms with E-state index < -0.39 is 0 Å². The van der Waals surface area contributed by atoms with Gasteiger partial charge >= 0.3 is 0 Å². The largest absolute Gasteiger partial charge is 0.289 e. The van der Waals surface area contributed by atoms with Gasteiger partial charge in [0.15, 0.2) is 0 Å². The summed E-state index contributed by atoms with van der Waals surface area (Å²) < 4.78 is 0. The molecule has 0 atom stereocenters. The average molecular weight is 119 g/mol. The summed E-state index contributed by atoms with van der Waals surface area (Å²) in [7, 11) is 1.79. The number of hydrogen-bond donors (Lipinski definition) is 0. The molecule has 0 fully saturated rings. The molecule has 46 valence electrons. The van der Waals surface area contributed by atoms with Gasteiger partial charge in [-0.3, -0.25) is 4.99 Å². The molecule has 0 saturated heterocycles. The first-order chi connectivity index (χ1) is 4.43. The van der Waals surface area contributed by atoms with Crippen LogP contribution in [0.4, 0.5) is 0 Å². The standard InChI is InChI=1S/C8H9N/c1-9-8-6-4-2-3-5-7-8/h2-7H,1H3. The van der Waals surface area contributed by atoms with Crippen molar-refractivity contribution >= 4 is 0 Å². The summed E-state index contributed by atoms with van der Waals surface area (Å²) >= 11 is 0. The van der Waals surface area contributed by atoms with Crippen LogP contribution in [0.25, 0.3) is 0 Å². The van der Waals surface area contributed by atoms with E-state index in [4.69, 9.17) is 0 Å². The third-order valence-corrected chi connectivity index (χ3v) is 1.13. The Balaban J connectivity index is 3.28. The smallest absolute Gasteiger partial charge is 0.0570 e. The van der Waals surface area contributed by atoms with Crippen LogP contribution in [-0.4, -0.2) is 7.05 Å². The quantitative estimate of drug-likeness (QED) is 0.487. The van der Waals surface area contributed by atoms with Crippen LogP contribution < -0.4 is 5.36 Å². The Hall–Kier alpha value is -1.11. The van der Waals surface area contributed by atoms with E-state index >= 15 is 0 Å². The summed E-state index contributed by atoms with van der Waals surface area (Å²) in [6.07, 6.45) is 0. The lowest BCUT2D eigenvalue weighted by Crippen LogP contribution is -1.92. The molecule has 0 aliphatic rings. The van der Waals surface area contributed by atoms with E-state index in [2.05, 4.69) is 4.99 Å². The fourth-order valence-corrected chi connectivity index (χ4v) is 0.641. The Bertz CT molecular complexity index is 218. The minimum atomic E-state index is 1.01. The zero-order valence-corrected chi connectivity index (χ0v) is 5.41. The van der Waals surface area contributed by atoms with Crippen molar-refractivity contribution in [2.75, 3.05) is 7.05 Å². The lowest BCUT2D eigenvalue weighted by Gasteiger charge is -1.69. The van der Waals surface area contributed by atoms with Gasteiger partial charge in [0.05, 0.1) is 5.36 Å². The third kappa shape index (κ3) is 1.68. The first-order valence-corrected chi connectivity index (χ1v) is 2.91. The summed E-state index contributed by atoms with van der Waals surface area (Å²) in [5.74, 6) is 0. The fourth-order valence-electron chi connectivity index (χ4n) is 0.641. The summed E-state index contributed by atoms with van der Waals surface area (Å²) in [5.41, 5.74) is 0. The Morgan fingerprint density at radius 1 is 1.00 bits per heavy atom. The highest BCUT2D eigenvalue weighted by atomic mass is 14.6. The topological polar surface area (TPSA) is 12.4 Å². The molecule has 0 aliphatic carbocycles. The third-order valence-electron chi connectivity index (χ3n) is 1.13. The molecule has 0 bridgehead atoms. The Labute approximate surface area is 54.7 Å². The molecule has 0 aromatic heterocycles. The molecule has 0 saturated carbocycles. The molecule has 0 aliphatic heterocycles. The molecule has 1 aromatic rings. The monoisotopic (exact) mass is 119 g/mol. The zero-order chi connectivity index (χ0) is 6.53. The predicted octanol–water partition coefficient (Wildman–Crippen LogP) is 1.22. The van der Waals surface area contributed by atoms with Crippen LogP contribution in [0.1, 0.15) is 0 Å². The van der Waals surface area contributed by atoms with Crippen LogP contribution in [0.2, 0.25) is 0 Å². The van der Waals surface area contributed by atoms with Crippen molar-refractivity contribution in [2.45, 2.75) is 0 Å². The second kappa shape index (κ2) is 3.02. The highest BCUT2D eigenvalue weighted by Gasteiger charge is 1.68. The van der Waals surface area contributed by atoms with Crippen LogP contribution >= 0.6 is 0 Å². The maximum absolute atomic E-state index is 4.01. The second-order valence-electron chi connectivity index (χ2n) is 1.75. The van der Waals surface area contributed by atoms with Gasteiger partial charge in [-0.25, -0.2) is 0 Å². The van der Waals surface area contributed by atoms with Gasteiger partial charge in [0.25, 0.3) is 0 Å². The molecular weight excluding hydrogens is 110 g/mol. The van der Waals surface area contributed by atoms with Gasteiger partial charge in [0.2, 0.25) is 0 Å². The van der Waals surface area contributed by atoms with Crippen LogP contribution in [0.5, 0.6) is 0 Å². The van der Waals surface area contributed by atoms with E-state index in [0.29, 0.717) is 0 Å².